The zero-order valence-corrected chi connectivity index (χ0v) is 17.3. The molecule has 0 saturated carbocycles. The van der Waals surface area contributed by atoms with Crippen molar-refractivity contribution in [2.75, 3.05) is 11.1 Å². The Hall–Kier alpha value is -2.68. The maximum absolute atomic E-state index is 13.9. The first-order valence-electron chi connectivity index (χ1n) is 8.54. The molecular weight excluding hydrogens is 431 g/mol. The van der Waals surface area contributed by atoms with E-state index in [9.17, 15) is 9.18 Å². The van der Waals surface area contributed by atoms with Gasteiger partial charge in [0.05, 0.1) is 16.3 Å². The molecule has 0 fully saturated rings. The molecule has 5 nitrogen and oxygen atoms in total. The summed E-state index contributed by atoms with van der Waals surface area (Å²) in [6, 6.07) is 17.7. The van der Waals surface area contributed by atoms with Crippen molar-refractivity contribution in [3.05, 3.63) is 76.9 Å². The van der Waals surface area contributed by atoms with E-state index in [2.05, 4.69) is 15.5 Å². The highest BCUT2D eigenvalue weighted by Gasteiger charge is 2.18. The lowest BCUT2D eigenvalue weighted by Gasteiger charge is -2.10. The normalized spacial score (nSPS) is 10.8. The van der Waals surface area contributed by atoms with Gasteiger partial charge in [-0.05, 0) is 41.8 Å². The van der Waals surface area contributed by atoms with Crippen molar-refractivity contribution in [3.8, 4) is 16.4 Å². The highest BCUT2D eigenvalue weighted by Crippen LogP contribution is 2.30. The van der Waals surface area contributed by atoms with Gasteiger partial charge in [0, 0.05) is 10.7 Å². The minimum Gasteiger partial charge on any atom is -0.323 e. The number of nitrogens with one attached hydrogen (secondary N) is 1. The third-order valence-electron chi connectivity index (χ3n) is 3.93. The van der Waals surface area contributed by atoms with Crippen molar-refractivity contribution in [3.63, 3.8) is 0 Å². The van der Waals surface area contributed by atoms with Gasteiger partial charge in [0.25, 0.3) is 0 Å². The van der Waals surface area contributed by atoms with E-state index >= 15 is 0 Å². The molecule has 1 amide bonds. The lowest BCUT2D eigenvalue weighted by Crippen LogP contribution is -2.15. The van der Waals surface area contributed by atoms with Gasteiger partial charge < -0.3 is 5.32 Å². The van der Waals surface area contributed by atoms with E-state index in [-0.39, 0.29) is 22.4 Å². The largest absolute Gasteiger partial charge is 0.323 e. The molecule has 2 aromatic heterocycles. The van der Waals surface area contributed by atoms with Gasteiger partial charge in [0.2, 0.25) is 5.91 Å². The molecule has 0 aliphatic rings. The fraction of sp³-hybridized carbons (Fsp3) is 0.0500. The maximum Gasteiger partial charge on any atom is 0.234 e. The monoisotopic (exact) mass is 444 g/mol. The van der Waals surface area contributed by atoms with Crippen LogP contribution in [0.5, 0.6) is 0 Å². The van der Waals surface area contributed by atoms with Gasteiger partial charge in [0.15, 0.2) is 11.0 Å². The van der Waals surface area contributed by atoms with Crippen molar-refractivity contribution >= 4 is 46.3 Å². The summed E-state index contributed by atoms with van der Waals surface area (Å²) < 4.78 is 15.8. The summed E-state index contributed by atoms with van der Waals surface area (Å²) >= 11 is 8.53. The Labute approximate surface area is 179 Å². The first kappa shape index (κ1) is 19.6. The van der Waals surface area contributed by atoms with Crippen LogP contribution >= 0.6 is 34.7 Å². The fourth-order valence-electron chi connectivity index (χ4n) is 2.65. The van der Waals surface area contributed by atoms with Crippen LogP contribution in [-0.2, 0) is 4.79 Å². The zero-order valence-electron chi connectivity index (χ0n) is 14.9. The molecule has 1 N–H and O–H groups in total. The molecule has 2 aromatic carbocycles. The van der Waals surface area contributed by atoms with Crippen LogP contribution in [0.2, 0.25) is 5.02 Å². The number of aromatic nitrogens is 3. The highest BCUT2D eigenvalue weighted by atomic mass is 35.5. The van der Waals surface area contributed by atoms with Crippen LogP contribution in [0.1, 0.15) is 0 Å². The topological polar surface area (TPSA) is 59.8 Å². The van der Waals surface area contributed by atoms with Crippen LogP contribution in [0.15, 0.2) is 71.2 Å². The summed E-state index contributed by atoms with van der Waals surface area (Å²) in [6.45, 7) is 0. The van der Waals surface area contributed by atoms with Crippen LogP contribution in [0.25, 0.3) is 16.4 Å². The lowest BCUT2D eigenvalue weighted by atomic mass is 10.3. The second-order valence-electron chi connectivity index (χ2n) is 5.92. The number of rotatable bonds is 6. The van der Waals surface area contributed by atoms with Gasteiger partial charge in [-0.2, -0.15) is 0 Å². The molecule has 0 radical (unpaired) electrons. The Morgan fingerprint density at radius 2 is 1.97 bits per heavy atom. The fourth-order valence-corrected chi connectivity index (χ4v) is 4.25. The van der Waals surface area contributed by atoms with E-state index in [1.165, 1.54) is 23.9 Å². The molecule has 146 valence electrons. The number of anilines is 1. The predicted octanol–water partition coefficient (Wildman–Crippen LogP) is 5.52. The van der Waals surface area contributed by atoms with Crippen molar-refractivity contribution in [2.24, 2.45) is 0 Å². The summed E-state index contributed by atoms with van der Waals surface area (Å²) in [5.74, 6) is -0.171. The van der Waals surface area contributed by atoms with E-state index in [0.29, 0.717) is 11.0 Å². The number of carbonyl (C=O) groups is 1. The van der Waals surface area contributed by atoms with E-state index in [1.54, 1.807) is 11.3 Å². The first-order chi connectivity index (χ1) is 14.1. The van der Waals surface area contributed by atoms with Gasteiger partial charge in [-0.1, -0.05) is 47.6 Å². The van der Waals surface area contributed by atoms with E-state index in [0.717, 1.165) is 16.6 Å². The van der Waals surface area contributed by atoms with Crippen LogP contribution in [0, 0.1) is 5.82 Å². The summed E-state index contributed by atoms with van der Waals surface area (Å²) in [5, 5.41) is 14.0. The average molecular weight is 445 g/mol. The number of halogens is 2. The van der Waals surface area contributed by atoms with Gasteiger partial charge in [-0.3, -0.25) is 9.36 Å². The van der Waals surface area contributed by atoms with E-state index in [1.807, 2.05) is 52.4 Å². The molecule has 29 heavy (non-hydrogen) atoms. The second-order valence-corrected chi connectivity index (χ2v) is 8.24. The Bertz CT molecular complexity index is 1130. The smallest absolute Gasteiger partial charge is 0.234 e. The molecule has 2 heterocycles. The third-order valence-corrected chi connectivity index (χ3v) is 5.96. The predicted molar refractivity (Wildman–Crippen MR) is 115 cm³/mol. The first-order valence-corrected chi connectivity index (χ1v) is 10.8. The van der Waals surface area contributed by atoms with Crippen LogP contribution < -0.4 is 5.32 Å². The number of amides is 1. The molecular formula is C20H14ClFN4OS2. The second kappa shape index (κ2) is 8.77. The third kappa shape index (κ3) is 4.50. The van der Waals surface area contributed by atoms with Crippen molar-refractivity contribution in [1.82, 2.24) is 14.8 Å². The van der Waals surface area contributed by atoms with Gasteiger partial charge >= 0.3 is 0 Å². The molecule has 0 spiro atoms. The van der Waals surface area contributed by atoms with Crippen LogP contribution in [0.4, 0.5) is 10.1 Å². The summed E-state index contributed by atoms with van der Waals surface area (Å²) in [5.41, 5.74) is 0.983. The van der Waals surface area contributed by atoms with Crippen LogP contribution in [0.3, 0.4) is 0 Å². The summed E-state index contributed by atoms with van der Waals surface area (Å²) in [7, 11) is 0. The van der Waals surface area contributed by atoms with Crippen LogP contribution in [-0.4, -0.2) is 26.4 Å². The molecule has 0 saturated heterocycles. The highest BCUT2D eigenvalue weighted by molar-refractivity contribution is 7.99. The Balaban J connectivity index is 1.55. The molecule has 0 aliphatic heterocycles. The van der Waals surface area contributed by atoms with E-state index in [4.69, 9.17) is 11.6 Å². The van der Waals surface area contributed by atoms with Gasteiger partial charge in [-0.25, -0.2) is 4.39 Å². The zero-order chi connectivity index (χ0) is 20.2. The SMILES string of the molecule is O=C(CSc1nnc(-c2cccs2)n1-c1ccccc1)Nc1ccc(Cl)cc1F. The van der Waals surface area contributed by atoms with Gasteiger partial charge in [0.1, 0.15) is 5.82 Å². The number of hydrogen-bond donors (Lipinski definition) is 1. The molecule has 0 unspecified atom stereocenters. The molecule has 0 bridgehead atoms. The molecule has 4 aromatic rings. The Kier molecular flexibility index (Phi) is 5.94. The number of thiophene rings is 1. The summed E-state index contributed by atoms with van der Waals surface area (Å²) in [4.78, 5) is 13.3. The van der Waals surface area contributed by atoms with Crippen molar-refractivity contribution in [1.29, 1.82) is 0 Å². The quantitative estimate of drug-likeness (QED) is 0.398. The summed E-state index contributed by atoms with van der Waals surface area (Å²) in [6.07, 6.45) is 0. The van der Waals surface area contributed by atoms with Gasteiger partial charge in [-0.15, -0.1) is 21.5 Å². The number of carbonyl (C=O) groups excluding carboxylic acids is 1. The average Bonchev–Trinajstić information content (AvgIpc) is 3.38. The molecule has 0 aliphatic carbocycles. The molecule has 4 rings (SSSR count). The minimum atomic E-state index is -0.580. The number of para-hydroxylation sites is 1. The number of benzene rings is 2. The van der Waals surface area contributed by atoms with E-state index < -0.39 is 5.82 Å². The number of hydrogen-bond acceptors (Lipinski definition) is 5. The Morgan fingerprint density at radius 1 is 1.14 bits per heavy atom. The van der Waals surface area contributed by atoms with Crippen molar-refractivity contribution in [2.45, 2.75) is 5.16 Å². The minimum absolute atomic E-state index is 0.0530. The number of nitrogens with zero attached hydrogens (tertiary/aromatic N) is 3. The van der Waals surface area contributed by atoms with Crippen molar-refractivity contribution < 1.29 is 9.18 Å². The maximum atomic E-state index is 13.9. The standard InChI is InChI=1S/C20H14ClFN4OS2/c21-13-8-9-16(15(22)11-13)23-18(27)12-29-20-25-24-19(17-7-4-10-28-17)26(20)14-5-2-1-3-6-14/h1-11H,12H2,(H,23,27). The Morgan fingerprint density at radius 3 is 2.69 bits per heavy atom. The number of thioether (sulfide) groups is 1. The lowest BCUT2D eigenvalue weighted by molar-refractivity contribution is -0.113. The molecule has 9 heteroatoms. The molecule has 0 atom stereocenters.